The number of nitrogens with two attached hydrogens (primary N) is 1. The molecule has 0 aliphatic heterocycles. The second kappa shape index (κ2) is 5.39. The number of carbonyl (C=O) groups is 1. The van der Waals surface area contributed by atoms with Crippen molar-refractivity contribution in [3.63, 3.8) is 0 Å². The highest BCUT2D eigenvalue weighted by molar-refractivity contribution is 5.62. The van der Waals surface area contributed by atoms with Crippen LogP contribution in [0.1, 0.15) is 33.3 Å². The molecule has 1 rings (SSSR count). The van der Waals surface area contributed by atoms with Gasteiger partial charge in [0.1, 0.15) is 0 Å². The number of nitrogen functional groups attached to an aromatic ring is 1. The standard InChI is InChI=1S/C10H15N.C2H4O2/c1-10(2,3)8-5-4-6-9(11)7-8;1-2(3)4/h4-7H,11H2,1-3H3;1H3,(H,3,4). The fraction of sp³-hybridized carbons (Fsp3) is 0.417. The predicted octanol–water partition coefficient (Wildman–Crippen LogP) is 2.66. The second-order valence-corrected chi connectivity index (χ2v) is 4.39. The molecule has 0 bridgehead atoms. The van der Waals surface area contributed by atoms with E-state index in [0.717, 1.165) is 12.6 Å². The van der Waals surface area contributed by atoms with Crippen LogP contribution in [0, 0.1) is 0 Å². The summed E-state index contributed by atoms with van der Waals surface area (Å²) >= 11 is 0. The van der Waals surface area contributed by atoms with Gasteiger partial charge in [0.15, 0.2) is 0 Å². The lowest BCUT2D eigenvalue weighted by molar-refractivity contribution is -0.134. The van der Waals surface area contributed by atoms with Crippen LogP contribution < -0.4 is 5.73 Å². The highest BCUT2D eigenvalue weighted by atomic mass is 16.4. The number of carboxylic acids is 1. The first-order chi connectivity index (χ1) is 6.73. The molecule has 0 atom stereocenters. The van der Waals surface area contributed by atoms with Crippen LogP contribution in [0.5, 0.6) is 0 Å². The molecule has 0 spiro atoms. The molecule has 1 aromatic carbocycles. The Balaban J connectivity index is 0.000000423. The summed E-state index contributed by atoms with van der Waals surface area (Å²) < 4.78 is 0. The molecule has 0 aromatic heterocycles. The van der Waals surface area contributed by atoms with Gasteiger partial charge in [-0.3, -0.25) is 4.79 Å². The van der Waals surface area contributed by atoms with Crippen LogP contribution in [0.3, 0.4) is 0 Å². The molecule has 3 N–H and O–H groups in total. The van der Waals surface area contributed by atoms with Crippen molar-refractivity contribution in [1.82, 2.24) is 0 Å². The first-order valence-electron chi connectivity index (χ1n) is 4.79. The van der Waals surface area contributed by atoms with Gasteiger partial charge in [-0.05, 0) is 23.1 Å². The van der Waals surface area contributed by atoms with Crippen molar-refractivity contribution >= 4 is 11.7 Å². The summed E-state index contributed by atoms with van der Waals surface area (Å²) in [5.41, 5.74) is 7.99. The minimum atomic E-state index is -0.833. The van der Waals surface area contributed by atoms with Gasteiger partial charge in [0.2, 0.25) is 0 Å². The van der Waals surface area contributed by atoms with E-state index >= 15 is 0 Å². The van der Waals surface area contributed by atoms with Gasteiger partial charge in [0.05, 0.1) is 0 Å². The predicted molar refractivity (Wildman–Crippen MR) is 62.9 cm³/mol. The molecule has 0 radical (unpaired) electrons. The van der Waals surface area contributed by atoms with Crippen molar-refractivity contribution in [1.29, 1.82) is 0 Å². The Bertz CT molecular complexity index is 323. The summed E-state index contributed by atoms with van der Waals surface area (Å²) in [5.74, 6) is -0.833. The zero-order chi connectivity index (χ0) is 12.1. The van der Waals surface area contributed by atoms with Crippen LogP contribution in [-0.4, -0.2) is 11.1 Å². The second-order valence-electron chi connectivity index (χ2n) is 4.39. The van der Waals surface area contributed by atoms with Gasteiger partial charge in [-0.15, -0.1) is 0 Å². The average Bonchev–Trinajstić information content (AvgIpc) is 2.01. The molecular formula is C12H19NO2. The van der Waals surface area contributed by atoms with Crippen molar-refractivity contribution in [2.45, 2.75) is 33.1 Å². The van der Waals surface area contributed by atoms with E-state index < -0.39 is 5.97 Å². The van der Waals surface area contributed by atoms with E-state index in [4.69, 9.17) is 15.6 Å². The topological polar surface area (TPSA) is 63.3 Å². The number of anilines is 1. The fourth-order valence-electron chi connectivity index (χ4n) is 1.01. The highest BCUT2D eigenvalue weighted by Crippen LogP contribution is 2.23. The van der Waals surface area contributed by atoms with E-state index in [1.165, 1.54) is 5.56 Å². The van der Waals surface area contributed by atoms with Gasteiger partial charge in [-0.25, -0.2) is 0 Å². The van der Waals surface area contributed by atoms with Crippen LogP contribution in [0.4, 0.5) is 5.69 Å². The third kappa shape index (κ3) is 6.55. The van der Waals surface area contributed by atoms with Crippen LogP contribution in [-0.2, 0) is 10.2 Å². The Labute approximate surface area is 90.9 Å². The molecule has 3 heteroatoms. The SMILES string of the molecule is CC(=O)O.CC(C)(C)c1cccc(N)c1. The lowest BCUT2D eigenvalue weighted by Crippen LogP contribution is -2.10. The maximum Gasteiger partial charge on any atom is 0.300 e. The van der Waals surface area contributed by atoms with Gasteiger partial charge in [-0.1, -0.05) is 32.9 Å². The Morgan fingerprint density at radius 1 is 1.33 bits per heavy atom. The van der Waals surface area contributed by atoms with Gasteiger partial charge in [0.25, 0.3) is 5.97 Å². The minimum absolute atomic E-state index is 0.204. The van der Waals surface area contributed by atoms with Gasteiger partial charge < -0.3 is 10.8 Å². The van der Waals surface area contributed by atoms with Crippen LogP contribution >= 0.6 is 0 Å². The summed E-state index contributed by atoms with van der Waals surface area (Å²) in [4.78, 5) is 9.00. The summed E-state index contributed by atoms with van der Waals surface area (Å²) in [6.45, 7) is 7.63. The zero-order valence-electron chi connectivity index (χ0n) is 9.74. The quantitative estimate of drug-likeness (QED) is 0.646. The first-order valence-corrected chi connectivity index (χ1v) is 4.79. The lowest BCUT2D eigenvalue weighted by atomic mass is 9.87. The molecule has 0 aliphatic carbocycles. The summed E-state index contributed by atoms with van der Waals surface area (Å²) in [6, 6.07) is 8.04. The van der Waals surface area contributed by atoms with Crippen LogP contribution in [0.2, 0.25) is 0 Å². The molecule has 84 valence electrons. The molecule has 3 nitrogen and oxygen atoms in total. The highest BCUT2D eigenvalue weighted by Gasteiger charge is 2.12. The largest absolute Gasteiger partial charge is 0.481 e. The molecule has 0 amide bonds. The fourth-order valence-corrected chi connectivity index (χ4v) is 1.01. The average molecular weight is 209 g/mol. The van der Waals surface area contributed by atoms with Gasteiger partial charge >= 0.3 is 0 Å². The van der Waals surface area contributed by atoms with Gasteiger partial charge in [0, 0.05) is 12.6 Å². The Hall–Kier alpha value is -1.51. The number of rotatable bonds is 0. The van der Waals surface area contributed by atoms with Crippen molar-refractivity contribution in [3.8, 4) is 0 Å². The molecule has 15 heavy (non-hydrogen) atoms. The van der Waals surface area contributed by atoms with E-state index in [1.807, 2.05) is 18.2 Å². The molecule has 0 heterocycles. The molecule has 0 unspecified atom stereocenters. The van der Waals surface area contributed by atoms with Crippen LogP contribution in [0.25, 0.3) is 0 Å². The monoisotopic (exact) mass is 209 g/mol. The van der Waals surface area contributed by atoms with E-state index in [2.05, 4.69) is 26.8 Å². The number of benzene rings is 1. The maximum absolute atomic E-state index is 9.00. The maximum atomic E-state index is 9.00. The van der Waals surface area contributed by atoms with Crippen molar-refractivity contribution in [2.75, 3.05) is 5.73 Å². The van der Waals surface area contributed by atoms with Crippen molar-refractivity contribution in [3.05, 3.63) is 29.8 Å². The smallest absolute Gasteiger partial charge is 0.300 e. The molecule has 0 aliphatic rings. The normalized spacial score (nSPS) is 10.1. The Kier molecular flexibility index (Phi) is 4.85. The number of carboxylic acid groups (broad SMARTS) is 1. The number of aliphatic carboxylic acids is 1. The molecule has 0 saturated heterocycles. The summed E-state index contributed by atoms with van der Waals surface area (Å²) in [5, 5.41) is 7.42. The van der Waals surface area contributed by atoms with E-state index in [9.17, 15) is 0 Å². The van der Waals surface area contributed by atoms with E-state index in [-0.39, 0.29) is 5.41 Å². The Morgan fingerprint density at radius 2 is 1.80 bits per heavy atom. The molecule has 1 aromatic rings. The van der Waals surface area contributed by atoms with Gasteiger partial charge in [-0.2, -0.15) is 0 Å². The Morgan fingerprint density at radius 3 is 2.07 bits per heavy atom. The van der Waals surface area contributed by atoms with Crippen molar-refractivity contribution in [2.24, 2.45) is 0 Å². The molecule has 0 fully saturated rings. The summed E-state index contributed by atoms with van der Waals surface area (Å²) in [7, 11) is 0. The van der Waals surface area contributed by atoms with Crippen molar-refractivity contribution < 1.29 is 9.90 Å². The third-order valence-corrected chi connectivity index (χ3v) is 1.75. The molecular weight excluding hydrogens is 190 g/mol. The van der Waals surface area contributed by atoms with E-state index in [1.54, 1.807) is 0 Å². The lowest BCUT2D eigenvalue weighted by Gasteiger charge is -2.18. The third-order valence-electron chi connectivity index (χ3n) is 1.75. The van der Waals surface area contributed by atoms with Crippen LogP contribution in [0.15, 0.2) is 24.3 Å². The minimum Gasteiger partial charge on any atom is -0.481 e. The first kappa shape index (κ1) is 13.5. The number of hydrogen-bond donors (Lipinski definition) is 2. The summed E-state index contributed by atoms with van der Waals surface area (Å²) in [6.07, 6.45) is 0. The number of hydrogen-bond acceptors (Lipinski definition) is 2. The molecule has 0 saturated carbocycles. The van der Waals surface area contributed by atoms with E-state index in [0.29, 0.717) is 0 Å². The zero-order valence-corrected chi connectivity index (χ0v) is 9.74.